The van der Waals surface area contributed by atoms with E-state index >= 15 is 0 Å². The molecule has 74 valence electrons. The highest BCUT2D eigenvalue weighted by molar-refractivity contribution is 5.27. The summed E-state index contributed by atoms with van der Waals surface area (Å²) in [5.74, 6) is 0.679. The van der Waals surface area contributed by atoms with E-state index in [0.29, 0.717) is 5.82 Å². The lowest BCUT2D eigenvalue weighted by atomic mass is 10.3. The number of hydrogen-bond acceptors (Lipinski definition) is 3. The van der Waals surface area contributed by atoms with E-state index in [4.69, 9.17) is 0 Å². The number of aryl methyl sites for hydroxylation is 1. The Morgan fingerprint density at radius 3 is 2.21 bits per heavy atom. The van der Waals surface area contributed by atoms with Gasteiger partial charge in [0.2, 0.25) is 0 Å². The molecule has 0 amide bonds. The molecule has 1 aromatic carbocycles. The van der Waals surface area contributed by atoms with Crippen molar-refractivity contribution in [1.82, 2.24) is 20.2 Å². The third kappa shape index (κ3) is 2.39. The van der Waals surface area contributed by atoms with Crippen LogP contribution in [0.4, 0.5) is 0 Å². The highest BCUT2D eigenvalue weighted by Gasteiger charge is 1.97. The van der Waals surface area contributed by atoms with Crippen molar-refractivity contribution in [1.29, 1.82) is 0 Å². The fraction of sp³-hybridized carbons (Fsp3) is 0.300. The van der Waals surface area contributed by atoms with Gasteiger partial charge in [-0.1, -0.05) is 32.0 Å². The van der Waals surface area contributed by atoms with Crippen LogP contribution in [0.25, 0.3) is 5.69 Å². The van der Waals surface area contributed by atoms with Crippen molar-refractivity contribution in [2.75, 3.05) is 0 Å². The van der Waals surface area contributed by atoms with Gasteiger partial charge in [0.25, 0.3) is 0 Å². The van der Waals surface area contributed by atoms with Gasteiger partial charge in [0, 0.05) is 0 Å². The summed E-state index contributed by atoms with van der Waals surface area (Å²) >= 11 is 0. The average Bonchev–Trinajstić information content (AvgIpc) is 2.69. The highest BCUT2D eigenvalue weighted by atomic mass is 15.6. The quantitative estimate of drug-likeness (QED) is 0.690. The Labute approximate surface area is 83.6 Å². The van der Waals surface area contributed by atoms with Crippen LogP contribution in [0.1, 0.15) is 19.7 Å². The second-order valence-electron chi connectivity index (χ2n) is 2.46. The molecule has 14 heavy (non-hydrogen) atoms. The van der Waals surface area contributed by atoms with E-state index in [9.17, 15) is 0 Å². The first-order valence-corrected chi connectivity index (χ1v) is 4.68. The molecule has 4 nitrogen and oxygen atoms in total. The zero-order chi connectivity index (χ0) is 10.4. The summed E-state index contributed by atoms with van der Waals surface area (Å²) in [6.07, 6.45) is 0. The third-order valence-electron chi connectivity index (χ3n) is 1.50. The molecule has 2 rings (SSSR count). The fourth-order valence-corrected chi connectivity index (χ4v) is 0.955. The molecule has 0 aliphatic rings. The number of tetrazole rings is 1. The Hall–Kier alpha value is -1.71. The highest BCUT2D eigenvalue weighted by Crippen LogP contribution is 2.01. The first-order valence-electron chi connectivity index (χ1n) is 4.68. The van der Waals surface area contributed by atoms with Crippen molar-refractivity contribution in [3.05, 3.63) is 36.2 Å². The van der Waals surface area contributed by atoms with Crippen LogP contribution >= 0.6 is 0 Å². The van der Waals surface area contributed by atoms with E-state index in [0.717, 1.165) is 5.69 Å². The van der Waals surface area contributed by atoms with Gasteiger partial charge in [-0.05, 0) is 24.3 Å². The van der Waals surface area contributed by atoms with E-state index in [1.807, 2.05) is 51.1 Å². The minimum atomic E-state index is 0.679. The Kier molecular flexibility index (Phi) is 3.79. The molecule has 0 saturated heterocycles. The van der Waals surface area contributed by atoms with Gasteiger partial charge in [-0.2, -0.15) is 0 Å². The molecule has 4 heteroatoms. The lowest BCUT2D eigenvalue weighted by Gasteiger charge is -1.94. The van der Waals surface area contributed by atoms with Crippen LogP contribution in [0.3, 0.4) is 0 Å². The van der Waals surface area contributed by atoms with Crippen molar-refractivity contribution in [2.24, 2.45) is 0 Å². The number of aromatic nitrogens is 4. The predicted octanol–water partition coefficient (Wildman–Crippen LogP) is 2.00. The van der Waals surface area contributed by atoms with Gasteiger partial charge in [-0.3, -0.25) is 0 Å². The van der Waals surface area contributed by atoms with Crippen LogP contribution in [0.15, 0.2) is 30.3 Å². The minimum Gasteiger partial charge on any atom is -0.132 e. The van der Waals surface area contributed by atoms with Crippen LogP contribution in [0.2, 0.25) is 0 Å². The molecule has 0 spiro atoms. The summed E-state index contributed by atoms with van der Waals surface area (Å²) < 4.78 is 0. The average molecular weight is 190 g/mol. The Morgan fingerprint density at radius 1 is 1.07 bits per heavy atom. The van der Waals surface area contributed by atoms with Crippen molar-refractivity contribution in [3.8, 4) is 5.69 Å². The smallest absolute Gasteiger partial charge is 0.132 e. The van der Waals surface area contributed by atoms with Gasteiger partial charge in [0.15, 0.2) is 5.82 Å². The Morgan fingerprint density at radius 2 is 1.71 bits per heavy atom. The monoisotopic (exact) mass is 190 g/mol. The largest absolute Gasteiger partial charge is 0.172 e. The SMILES string of the molecule is CC.Cc1nnn(-c2ccccc2)n1. The lowest BCUT2D eigenvalue weighted by molar-refractivity contribution is 0.719. The Balaban J connectivity index is 0.000000461. The number of para-hydroxylation sites is 1. The molecule has 0 saturated carbocycles. The van der Waals surface area contributed by atoms with E-state index in [2.05, 4.69) is 15.4 Å². The predicted molar refractivity (Wildman–Crippen MR) is 55.2 cm³/mol. The van der Waals surface area contributed by atoms with Crippen LogP contribution in [0.5, 0.6) is 0 Å². The van der Waals surface area contributed by atoms with Crippen LogP contribution in [0, 0.1) is 6.92 Å². The minimum absolute atomic E-state index is 0.679. The summed E-state index contributed by atoms with van der Waals surface area (Å²) in [6, 6.07) is 9.69. The number of rotatable bonds is 1. The molecule has 0 atom stereocenters. The summed E-state index contributed by atoms with van der Waals surface area (Å²) in [5.41, 5.74) is 0.929. The second kappa shape index (κ2) is 5.11. The van der Waals surface area contributed by atoms with E-state index in [1.165, 1.54) is 4.80 Å². The molecule has 0 radical (unpaired) electrons. The topological polar surface area (TPSA) is 43.6 Å². The van der Waals surface area contributed by atoms with Crippen molar-refractivity contribution >= 4 is 0 Å². The fourth-order valence-electron chi connectivity index (χ4n) is 0.955. The maximum atomic E-state index is 4.08. The van der Waals surface area contributed by atoms with Gasteiger partial charge in [-0.15, -0.1) is 15.0 Å². The first-order chi connectivity index (χ1) is 6.86. The molecule has 2 aromatic rings. The van der Waals surface area contributed by atoms with Crippen LogP contribution in [-0.2, 0) is 0 Å². The molecule has 0 unspecified atom stereocenters. The maximum Gasteiger partial charge on any atom is 0.172 e. The van der Waals surface area contributed by atoms with E-state index in [-0.39, 0.29) is 0 Å². The molecule has 0 aliphatic carbocycles. The zero-order valence-corrected chi connectivity index (χ0v) is 8.68. The number of nitrogens with zero attached hydrogens (tertiary/aromatic N) is 4. The van der Waals surface area contributed by atoms with Gasteiger partial charge in [-0.25, -0.2) is 0 Å². The van der Waals surface area contributed by atoms with Crippen LogP contribution < -0.4 is 0 Å². The van der Waals surface area contributed by atoms with E-state index < -0.39 is 0 Å². The Bertz CT molecular complexity index is 367. The molecule has 0 N–H and O–H groups in total. The summed E-state index contributed by atoms with van der Waals surface area (Å²) in [6.45, 7) is 5.81. The van der Waals surface area contributed by atoms with Gasteiger partial charge in [0.1, 0.15) is 0 Å². The molecule has 1 heterocycles. The van der Waals surface area contributed by atoms with E-state index in [1.54, 1.807) is 0 Å². The molecule has 0 aliphatic heterocycles. The molecule has 0 bridgehead atoms. The molecular weight excluding hydrogens is 176 g/mol. The number of hydrogen-bond donors (Lipinski definition) is 0. The zero-order valence-electron chi connectivity index (χ0n) is 8.68. The normalized spacial score (nSPS) is 9.07. The summed E-state index contributed by atoms with van der Waals surface area (Å²) in [4.78, 5) is 1.51. The van der Waals surface area contributed by atoms with Crippen molar-refractivity contribution < 1.29 is 0 Å². The summed E-state index contributed by atoms with van der Waals surface area (Å²) in [7, 11) is 0. The standard InChI is InChI=1S/C8H8N4.C2H6/c1-7-9-11-12(10-7)8-5-3-2-4-6-8;1-2/h2-6H,1H3;1-2H3. The summed E-state index contributed by atoms with van der Waals surface area (Å²) in [5, 5.41) is 11.7. The number of benzene rings is 1. The van der Waals surface area contributed by atoms with Gasteiger partial charge < -0.3 is 0 Å². The third-order valence-corrected chi connectivity index (χ3v) is 1.50. The first kappa shape index (κ1) is 10.4. The lowest BCUT2D eigenvalue weighted by Crippen LogP contribution is -1.97. The molecular formula is C10H14N4. The second-order valence-corrected chi connectivity index (χ2v) is 2.46. The molecule has 0 fully saturated rings. The van der Waals surface area contributed by atoms with Crippen molar-refractivity contribution in [3.63, 3.8) is 0 Å². The van der Waals surface area contributed by atoms with Gasteiger partial charge >= 0.3 is 0 Å². The molecule has 1 aromatic heterocycles. The maximum absolute atomic E-state index is 4.08. The van der Waals surface area contributed by atoms with Gasteiger partial charge in [0.05, 0.1) is 5.69 Å². The van der Waals surface area contributed by atoms with Crippen LogP contribution in [-0.4, -0.2) is 20.2 Å². The van der Waals surface area contributed by atoms with Crippen molar-refractivity contribution in [2.45, 2.75) is 20.8 Å².